The molecule has 4 rings (SSSR count). The van der Waals surface area contributed by atoms with Gasteiger partial charge in [0.15, 0.2) is 0 Å². The molecular formula is C24H23N5O3. The number of carbonyl (C=O) groups excluding carboxylic acids is 1. The van der Waals surface area contributed by atoms with Crippen molar-refractivity contribution < 1.29 is 9.72 Å². The minimum atomic E-state index is -0.431. The van der Waals surface area contributed by atoms with Crippen molar-refractivity contribution in [2.45, 2.75) is 19.5 Å². The number of carbonyl (C=O) groups is 1. The van der Waals surface area contributed by atoms with Gasteiger partial charge in [0, 0.05) is 49.5 Å². The Morgan fingerprint density at radius 1 is 1.06 bits per heavy atom. The van der Waals surface area contributed by atoms with E-state index in [4.69, 9.17) is 0 Å². The number of aryl methyl sites for hydroxylation is 1. The van der Waals surface area contributed by atoms with Crippen molar-refractivity contribution in [2.24, 2.45) is 0 Å². The van der Waals surface area contributed by atoms with E-state index < -0.39 is 4.92 Å². The number of fused-ring (bicyclic) bond motifs is 1. The zero-order valence-electron chi connectivity index (χ0n) is 17.4. The van der Waals surface area contributed by atoms with Gasteiger partial charge in [-0.1, -0.05) is 48.5 Å². The van der Waals surface area contributed by atoms with Gasteiger partial charge in [-0.15, -0.1) is 0 Å². The first-order valence-corrected chi connectivity index (χ1v) is 10.3. The summed E-state index contributed by atoms with van der Waals surface area (Å²) in [5, 5.41) is 16.0. The van der Waals surface area contributed by atoms with Crippen molar-refractivity contribution in [3.05, 3.63) is 101 Å². The van der Waals surface area contributed by atoms with Gasteiger partial charge < -0.3 is 14.8 Å². The maximum Gasteiger partial charge on any atom is 0.322 e. The summed E-state index contributed by atoms with van der Waals surface area (Å²) in [7, 11) is 0. The first kappa shape index (κ1) is 21.0. The fourth-order valence-electron chi connectivity index (χ4n) is 3.59. The van der Waals surface area contributed by atoms with Crippen molar-refractivity contribution in [2.75, 3.05) is 11.9 Å². The number of nitrogens with one attached hydrogen (secondary N) is 1. The number of nitrogens with zero attached hydrogens (tertiary/aromatic N) is 4. The van der Waals surface area contributed by atoms with E-state index in [2.05, 4.69) is 10.3 Å². The molecule has 32 heavy (non-hydrogen) atoms. The van der Waals surface area contributed by atoms with Crippen LogP contribution < -0.4 is 5.32 Å². The normalized spacial score (nSPS) is 10.8. The van der Waals surface area contributed by atoms with E-state index in [1.807, 2.05) is 53.2 Å². The maximum absolute atomic E-state index is 13.2. The van der Waals surface area contributed by atoms with E-state index in [1.54, 1.807) is 29.6 Å². The number of nitro groups is 1. The third-order valence-corrected chi connectivity index (χ3v) is 5.24. The van der Waals surface area contributed by atoms with Gasteiger partial charge in [0.05, 0.1) is 16.9 Å². The van der Waals surface area contributed by atoms with Crippen LogP contribution in [0, 0.1) is 10.1 Å². The number of aromatic nitrogens is 2. The fraction of sp³-hybridized carbons (Fsp3) is 0.167. The summed E-state index contributed by atoms with van der Waals surface area (Å²) in [6.45, 7) is 1.60. The number of imidazole rings is 1. The summed E-state index contributed by atoms with van der Waals surface area (Å²) in [6, 6.07) is 19.8. The molecule has 8 nitrogen and oxygen atoms in total. The zero-order valence-corrected chi connectivity index (χ0v) is 17.4. The number of rotatable bonds is 8. The standard InChI is InChI=1S/C24H23N5O3/c30-24(26-23-8-3-6-20-5-1-2-7-22(20)23)28(15-4-14-27-16-13-25-18-27)17-19-9-11-21(12-10-19)29(31)32/h1-3,5-13,16,18H,4,14-15,17H2,(H,26,30). The summed E-state index contributed by atoms with van der Waals surface area (Å²) in [4.78, 5) is 29.5. The number of benzene rings is 3. The van der Waals surface area contributed by atoms with Crippen LogP contribution in [0.25, 0.3) is 10.8 Å². The molecular weight excluding hydrogens is 406 g/mol. The van der Waals surface area contributed by atoms with Crippen LogP contribution in [0.4, 0.5) is 16.2 Å². The molecule has 0 fully saturated rings. The van der Waals surface area contributed by atoms with Crippen LogP contribution in [0.15, 0.2) is 85.5 Å². The van der Waals surface area contributed by atoms with E-state index in [-0.39, 0.29) is 11.7 Å². The Kier molecular flexibility index (Phi) is 6.41. The van der Waals surface area contributed by atoms with Crippen LogP contribution in [0.3, 0.4) is 0 Å². The fourth-order valence-corrected chi connectivity index (χ4v) is 3.59. The summed E-state index contributed by atoms with van der Waals surface area (Å²) in [5.74, 6) is 0. The number of non-ortho nitro benzene ring substituents is 1. The summed E-state index contributed by atoms with van der Waals surface area (Å²) < 4.78 is 1.96. The second-order valence-corrected chi connectivity index (χ2v) is 7.46. The van der Waals surface area contributed by atoms with Crippen molar-refractivity contribution in [1.82, 2.24) is 14.5 Å². The second kappa shape index (κ2) is 9.74. The lowest BCUT2D eigenvalue weighted by Crippen LogP contribution is -2.35. The predicted molar refractivity (Wildman–Crippen MR) is 123 cm³/mol. The SMILES string of the molecule is O=C(Nc1cccc2ccccc12)N(CCCn1ccnc1)Cc1ccc([N+](=O)[O-])cc1. The topological polar surface area (TPSA) is 93.3 Å². The lowest BCUT2D eigenvalue weighted by atomic mass is 10.1. The van der Waals surface area contributed by atoms with Gasteiger partial charge in [-0.2, -0.15) is 0 Å². The number of urea groups is 1. The molecule has 0 saturated carbocycles. The molecule has 3 aromatic carbocycles. The van der Waals surface area contributed by atoms with E-state index in [9.17, 15) is 14.9 Å². The van der Waals surface area contributed by atoms with E-state index in [0.29, 0.717) is 13.1 Å². The van der Waals surface area contributed by atoms with Crippen molar-refractivity contribution in [3.8, 4) is 0 Å². The van der Waals surface area contributed by atoms with Gasteiger partial charge in [-0.3, -0.25) is 10.1 Å². The Bertz CT molecular complexity index is 1200. The lowest BCUT2D eigenvalue weighted by molar-refractivity contribution is -0.384. The minimum Gasteiger partial charge on any atom is -0.337 e. The van der Waals surface area contributed by atoms with Crippen LogP contribution in [-0.2, 0) is 13.1 Å². The first-order valence-electron chi connectivity index (χ1n) is 10.3. The highest BCUT2D eigenvalue weighted by molar-refractivity contribution is 6.01. The number of hydrogen-bond donors (Lipinski definition) is 1. The Morgan fingerprint density at radius 2 is 1.84 bits per heavy atom. The molecule has 2 amide bonds. The van der Waals surface area contributed by atoms with Crippen molar-refractivity contribution in [1.29, 1.82) is 0 Å². The maximum atomic E-state index is 13.2. The van der Waals surface area contributed by atoms with Gasteiger partial charge in [0.2, 0.25) is 0 Å². The molecule has 0 aliphatic heterocycles. The number of nitro benzene ring substituents is 1. The smallest absolute Gasteiger partial charge is 0.322 e. The quantitative estimate of drug-likeness (QED) is 0.313. The number of amides is 2. The molecule has 0 atom stereocenters. The van der Waals surface area contributed by atoms with Crippen LogP contribution in [0.1, 0.15) is 12.0 Å². The summed E-state index contributed by atoms with van der Waals surface area (Å²) >= 11 is 0. The molecule has 162 valence electrons. The van der Waals surface area contributed by atoms with Gasteiger partial charge in [0.25, 0.3) is 5.69 Å². The molecule has 0 spiro atoms. The Hall–Kier alpha value is -4.20. The predicted octanol–water partition coefficient (Wildman–Crippen LogP) is 5.07. The molecule has 0 bridgehead atoms. The van der Waals surface area contributed by atoms with Crippen LogP contribution in [0.5, 0.6) is 0 Å². The highest BCUT2D eigenvalue weighted by Crippen LogP contribution is 2.23. The van der Waals surface area contributed by atoms with Gasteiger partial charge in [-0.05, 0) is 23.4 Å². The minimum absolute atomic E-state index is 0.0283. The molecule has 4 aromatic rings. The van der Waals surface area contributed by atoms with Gasteiger partial charge in [-0.25, -0.2) is 9.78 Å². The average Bonchev–Trinajstić information content (AvgIpc) is 3.32. The molecule has 0 unspecified atom stereocenters. The third-order valence-electron chi connectivity index (χ3n) is 5.24. The molecule has 1 N–H and O–H groups in total. The molecule has 1 heterocycles. The molecule has 0 aliphatic carbocycles. The lowest BCUT2D eigenvalue weighted by Gasteiger charge is -2.24. The van der Waals surface area contributed by atoms with E-state index in [0.717, 1.165) is 35.0 Å². The molecule has 1 aromatic heterocycles. The van der Waals surface area contributed by atoms with Gasteiger partial charge in [0.1, 0.15) is 0 Å². The third kappa shape index (κ3) is 5.10. The van der Waals surface area contributed by atoms with Crippen molar-refractivity contribution in [3.63, 3.8) is 0 Å². The monoisotopic (exact) mass is 429 g/mol. The first-order chi connectivity index (χ1) is 15.6. The molecule has 8 heteroatoms. The molecule has 0 aliphatic rings. The van der Waals surface area contributed by atoms with Crippen LogP contribution >= 0.6 is 0 Å². The van der Waals surface area contributed by atoms with Crippen molar-refractivity contribution >= 4 is 28.2 Å². The number of hydrogen-bond acceptors (Lipinski definition) is 4. The number of anilines is 1. The second-order valence-electron chi connectivity index (χ2n) is 7.46. The molecule has 0 saturated heterocycles. The van der Waals surface area contributed by atoms with E-state index >= 15 is 0 Å². The largest absolute Gasteiger partial charge is 0.337 e. The highest BCUT2D eigenvalue weighted by Gasteiger charge is 2.16. The average molecular weight is 429 g/mol. The molecule has 0 radical (unpaired) electrons. The summed E-state index contributed by atoms with van der Waals surface area (Å²) in [6.07, 6.45) is 6.10. The zero-order chi connectivity index (χ0) is 22.3. The van der Waals surface area contributed by atoms with Crippen LogP contribution in [0.2, 0.25) is 0 Å². The highest BCUT2D eigenvalue weighted by atomic mass is 16.6. The Labute approximate surface area is 185 Å². The van der Waals surface area contributed by atoms with Gasteiger partial charge >= 0.3 is 6.03 Å². The summed E-state index contributed by atoms with van der Waals surface area (Å²) in [5.41, 5.74) is 1.60. The Morgan fingerprint density at radius 3 is 2.59 bits per heavy atom. The Balaban J connectivity index is 1.51. The van der Waals surface area contributed by atoms with Crippen LogP contribution in [-0.4, -0.2) is 32.0 Å². The van der Waals surface area contributed by atoms with E-state index in [1.165, 1.54) is 12.1 Å².